The Hall–Kier alpha value is -0.160. The van der Waals surface area contributed by atoms with Gasteiger partial charge in [0.2, 0.25) is 0 Å². The SMILES string of the molecule is CCN1CCOC(CNCC(C)OC)C1. The van der Waals surface area contributed by atoms with Crippen LogP contribution in [0.4, 0.5) is 0 Å². The predicted molar refractivity (Wildman–Crippen MR) is 61.2 cm³/mol. The molecule has 0 radical (unpaired) electrons. The number of ether oxygens (including phenoxy) is 2. The van der Waals surface area contributed by atoms with E-state index in [9.17, 15) is 0 Å². The van der Waals surface area contributed by atoms with E-state index in [2.05, 4.69) is 24.1 Å². The number of nitrogens with zero attached hydrogens (tertiary/aromatic N) is 1. The number of nitrogens with one attached hydrogen (secondary N) is 1. The van der Waals surface area contributed by atoms with E-state index in [1.54, 1.807) is 7.11 Å². The number of rotatable bonds is 6. The van der Waals surface area contributed by atoms with Crippen LogP contribution in [0, 0.1) is 0 Å². The summed E-state index contributed by atoms with van der Waals surface area (Å²) in [5.74, 6) is 0. The fourth-order valence-corrected chi connectivity index (χ4v) is 1.72. The van der Waals surface area contributed by atoms with Gasteiger partial charge in [0.15, 0.2) is 0 Å². The number of likely N-dealkylation sites (N-methyl/N-ethyl adjacent to an activating group) is 1. The van der Waals surface area contributed by atoms with E-state index in [1.165, 1.54) is 0 Å². The molecule has 4 heteroatoms. The van der Waals surface area contributed by atoms with Crippen LogP contribution in [0.3, 0.4) is 0 Å². The lowest BCUT2D eigenvalue weighted by molar-refractivity contribution is -0.0264. The molecule has 0 aromatic carbocycles. The minimum absolute atomic E-state index is 0.274. The van der Waals surface area contributed by atoms with Crippen LogP contribution in [0.15, 0.2) is 0 Å². The van der Waals surface area contributed by atoms with Crippen LogP contribution < -0.4 is 5.32 Å². The van der Waals surface area contributed by atoms with Gasteiger partial charge < -0.3 is 14.8 Å². The van der Waals surface area contributed by atoms with Crippen molar-refractivity contribution in [1.29, 1.82) is 0 Å². The maximum Gasteiger partial charge on any atom is 0.0826 e. The van der Waals surface area contributed by atoms with Crippen LogP contribution in [0.5, 0.6) is 0 Å². The van der Waals surface area contributed by atoms with E-state index in [0.29, 0.717) is 6.10 Å². The molecule has 1 N–H and O–H groups in total. The summed E-state index contributed by atoms with van der Waals surface area (Å²) in [6.45, 7) is 10.2. The van der Waals surface area contributed by atoms with Gasteiger partial charge in [-0.2, -0.15) is 0 Å². The fourth-order valence-electron chi connectivity index (χ4n) is 1.72. The van der Waals surface area contributed by atoms with Gasteiger partial charge in [-0.3, -0.25) is 4.90 Å². The molecule has 4 nitrogen and oxygen atoms in total. The molecular formula is C11H24N2O2. The molecule has 0 saturated carbocycles. The van der Waals surface area contributed by atoms with Gasteiger partial charge in [0.1, 0.15) is 0 Å². The quantitative estimate of drug-likeness (QED) is 0.694. The summed E-state index contributed by atoms with van der Waals surface area (Å²) in [6.07, 6.45) is 0.610. The number of methoxy groups -OCH3 is 1. The number of hydrogen-bond acceptors (Lipinski definition) is 4. The Morgan fingerprint density at radius 1 is 1.60 bits per heavy atom. The second-order valence-electron chi connectivity index (χ2n) is 4.09. The molecule has 1 aliphatic rings. The monoisotopic (exact) mass is 216 g/mol. The number of morpholine rings is 1. The maximum atomic E-state index is 5.68. The van der Waals surface area contributed by atoms with Crippen LogP contribution in [-0.2, 0) is 9.47 Å². The Balaban J connectivity index is 2.10. The molecule has 0 bridgehead atoms. The summed E-state index contributed by atoms with van der Waals surface area (Å²) in [4.78, 5) is 2.43. The van der Waals surface area contributed by atoms with Crippen molar-refractivity contribution in [1.82, 2.24) is 10.2 Å². The summed E-state index contributed by atoms with van der Waals surface area (Å²) in [7, 11) is 1.74. The Kier molecular flexibility index (Phi) is 6.17. The summed E-state index contributed by atoms with van der Waals surface area (Å²) in [5.41, 5.74) is 0. The van der Waals surface area contributed by atoms with Crippen molar-refractivity contribution in [2.45, 2.75) is 26.1 Å². The third kappa shape index (κ3) is 4.93. The highest BCUT2D eigenvalue weighted by Gasteiger charge is 2.18. The summed E-state index contributed by atoms with van der Waals surface area (Å²) < 4.78 is 10.8. The fraction of sp³-hybridized carbons (Fsp3) is 1.00. The summed E-state index contributed by atoms with van der Waals surface area (Å²) >= 11 is 0. The largest absolute Gasteiger partial charge is 0.380 e. The van der Waals surface area contributed by atoms with E-state index in [1.807, 2.05) is 0 Å². The van der Waals surface area contributed by atoms with Crippen molar-refractivity contribution in [2.75, 3.05) is 46.4 Å². The highest BCUT2D eigenvalue weighted by atomic mass is 16.5. The van der Waals surface area contributed by atoms with Gasteiger partial charge in [-0.1, -0.05) is 6.92 Å². The highest BCUT2D eigenvalue weighted by Crippen LogP contribution is 2.03. The molecule has 0 aliphatic carbocycles. The smallest absolute Gasteiger partial charge is 0.0826 e. The van der Waals surface area contributed by atoms with Crippen molar-refractivity contribution < 1.29 is 9.47 Å². The lowest BCUT2D eigenvalue weighted by Gasteiger charge is -2.32. The van der Waals surface area contributed by atoms with E-state index in [0.717, 1.165) is 39.3 Å². The highest BCUT2D eigenvalue weighted by molar-refractivity contribution is 4.72. The van der Waals surface area contributed by atoms with Crippen molar-refractivity contribution in [3.8, 4) is 0 Å². The van der Waals surface area contributed by atoms with E-state index < -0.39 is 0 Å². The molecule has 1 heterocycles. The Morgan fingerprint density at radius 2 is 2.40 bits per heavy atom. The average Bonchev–Trinajstić information content (AvgIpc) is 2.29. The van der Waals surface area contributed by atoms with E-state index in [-0.39, 0.29) is 6.10 Å². The molecule has 0 aromatic heterocycles. The average molecular weight is 216 g/mol. The minimum Gasteiger partial charge on any atom is -0.380 e. The molecule has 15 heavy (non-hydrogen) atoms. The Morgan fingerprint density at radius 3 is 3.07 bits per heavy atom. The van der Waals surface area contributed by atoms with Crippen LogP contribution in [0.2, 0.25) is 0 Å². The zero-order valence-electron chi connectivity index (χ0n) is 10.2. The molecule has 90 valence electrons. The molecule has 2 unspecified atom stereocenters. The van der Waals surface area contributed by atoms with Gasteiger partial charge >= 0.3 is 0 Å². The molecular weight excluding hydrogens is 192 g/mol. The van der Waals surface area contributed by atoms with Gasteiger partial charge in [0.25, 0.3) is 0 Å². The first-order valence-corrected chi connectivity index (χ1v) is 5.83. The van der Waals surface area contributed by atoms with Crippen LogP contribution in [-0.4, -0.2) is 63.5 Å². The molecule has 1 rings (SSSR count). The zero-order chi connectivity index (χ0) is 11.1. The van der Waals surface area contributed by atoms with Gasteiger partial charge in [-0.05, 0) is 13.5 Å². The van der Waals surface area contributed by atoms with Crippen LogP contribution >= 0.6 is 0 Å². The zero-order valence-corrected chi connectivity index (χ0v) is 10.2. The molecule has 0 aromatic rings. The molecule has 0 spiro atoms. The first-order chi connectivity index (χ1) is 7.26. The molecule has 1 saturated heterocycles. The Bertz CT molecular complexity index is 167. The van der Waals surface area contributed by atoms with Crippen molar-refractivity contribution >= 4 is 0 Å². The first kappa shape index (κ1) is 12.9. The van der Waals surface area contributed by atoms with Crippen molar-refractivity contribution in [3.63, 3.8) is 0 Å². The molecule has 1 aliphatic heterocycles. The molecule has 2 atom stereocenters. The number of hydrogen-bond donors (Lipinski definition) is 1. The topological polar surface area (TPSA) is 33.7 Å². The second-order valence-corrected chi connectivity index (χ2v) is 4.09. The maximum absolute atomic E-state index is 5.68. The standard InChI is InChI=1S/C11H24N2O2/c1-4-13-5-6-15-11(9-13)8-12-7-10(2)14-3/h10-12H,4-9H2,1-3H3. The van der Waals surface area contributed by atoms with E-state index >= 15 is 0 Å². The van der Waals surface area contributed by atoms with Crippen LogP contribution in [0.1, 0.15) is 13.8 Å². The lowest BCUT2D eigenvalue weighted by atomic mass is 10.2. The van der Waals surface area contributed by atoms with Gasteiger partial charge in [-0.15, -0.1) is 0 Å². The summed E-state index contributed by atoms with van der Waals surface area (Å²) in [5, 5.41) is 3.37. The molecule has 0 amide bonds. The van der Waals surface area contributed by atoms with Gasteiger partial charge in [0.05, 0.1) is 18.8 Å². The lowest BCUT2D eigenvalue weighted by Crippen LogP contribution is -2.47. The van der Waals surface area contributed by atoms with Gasteiger partial charge in [0, 0.05) is 33.3 Å². The predicted octanol–water partition coefficient (Wildman–Crippen LogP) is 0.332. The minimum atomic E-state index is 0.274. The second kappa shape index (κ2) is 7.17. The van der Waals surface area contributed by atoms with Crippen molar-refractivity contribution in [2.24, 2.45) is 0 Å². The normalized spacial score (nSPS) is 25.4. The molecule has 1 fully saturated rings. The third-order valence-corrected chi connectivity index (χ3v) is 2.88. The van der Waals surface area contributed by atoms with Gasteiger partial charge in [-0.25, -0.2) is 0 Å². The van der Waals surface area contributed by atoms with Crippen molar-refractivity contribution in [3.05, 3.63) is 0 Å². The summed E-state index contributed by atoms with van der Waals surface area (Å²) in [6, 6.07) is 0. The Labute approximate surface area is 92.9 Å². The third-order valence-electron chi connectivity index (χ3n) is 2.88. The van der Waals surface area contributed by atoms with Crippen LogP contribution in [0.25, 0.3) is 0 Å². The first-order valence-electron chi connectivity index (χ1n) is 5.83. The van der Waals surface area contributed by atoms with E-state index in [4.69, 9.17) is 9.47 Å².